The minimum absolute atomic E-state index is 0.451. The van der Waals surface area contributed by atoms with Gasteiger partial charge in [0.05, 0.1) is 11.4 Å². The Morgan fingerprint density at radius 2 is 1.21 bits per heavy atom. The van der Waals surface area contributed by atoms with E-state index in [2.05, 4.69) is 0 Å². The predicted octanol–water partition coefficient (Wildman–Crippen LogP) is 0.849. The third kappa shape index (κ3) is 2.28. The SMILES string of the molecule is Cn1c2ccc(N(N)C(N)=O)cc2c2cc(N(N)C(N)=O)ccc21. The number of hydrogen-bond donors (Lipinski definition) is 4. The van der Waals surface area contributed by atoms with Gasteiger partial charge >= 0.3 is 12.1 Å². The first-order chi connectivity index (χ1) is 11.3. The highest BCUT2D eigenvalue weighted by atomic mass is 16.2. The minimum atomic E-state index is -0.767. The van der Waals surface area contributed by atoms with E-state index in [-0.39, 0.29) is 0 Å². The zero-order chi connectivity index (χ0) is 17.6. The van der Waals surface area contributed by atoms with Gasteiger partial charge in [-0.25, -0.2) is 31.3 Å². The van der Waals surface area contributed by atoms with Crippen molar-refractivity contribution in [2.75, 3.05) is 10.0 Å². The van der Waals surface area contributed by atoms with Gasteiger partial charge in [0.15, 0.2) is 0 Å². The molecule has 9 heteroatoms. The lowest BCUT2D eigenvalue weighted by Gasteiger charge is -2.14. The summed E-state index contributed by atoms with van der Waals surface area (Å²) in [6.07, 6.45) is 0. The maximum Gasteiger partial charge on any atom is 0.333 e. The fraction of sp³-hybridized carbons (Fsp3) is 0.0667. The van der Waals surface area contributed by atoms with E-state index in [1.54, 1.807) is 24.3 Å². The molecule has 0 atom stereocenters. The summed E-state index contributed by atoms with van der Waals surface area (Å²) in [5.74, 6) is 11.3. The molecule has 0 aliphatic rings. The normalized spacial score (nSPS) is 11.0. The van der Waals surface area contributed by atoms with Crippen LogP contribution in [0.25, 0.3) is 21.8 Å². The van der Waals surface area contributed by atoms with E-state index in [0.29, 0.717) is 11.4 Å². The highest BCUT2D eigenvalue weighted by Crippen LogP contribution is 2.33. The second kappa shape index (κ2) is 5.41. The molecule has 3 aromatic rings. The van der Waals surface area contributed by atoms with Crippen LogP contribution in [0, 0.1) is 0 Å². The summed E-state index contributed by atoms with van der Waals surface area (Å²) in [6, 6.07) is 9.03. The molecule has 3 rings (SSSR count). The van der Waals surface area contributed by atoms with E-state index < -0.39 is 12.1 Å². The molecular weight excluding hydrogens is 310 g/mol. The maximum atomic E-state index is 11.3. The molecule has 1 heterocycles. The lowest BCUT2D eigenvalue weighted by Crippen LogP contribution is -2.41. The van der Waals surface area contributed by atoms with Crippen molar-refractivity contribution in [1.82, 2.24) is 4.57 Å². The Kier molecular flexibility index (Phi) is 3.51. The topological polar surface area (TPSA) is 150 Å². The van der Waals surface area contributed by atoms with E-state index >= 15 is 0 Å². The van der Waals surface area contributed by atoms with Gasteiger partial charge in [0.25, 0.3) is 0 Å². The van der Waals surface area contributed by atoms with Gasteiger partial charge in [-0.15, -0.1) is 0 Å². The van der Waals surface area contributed by atoms with Crippen LogP contribution in [0.1, 0.15) is 0 Å². The molecule has 0 aliphatic heterocycles. The summed E-state index contributed by atoms with van der Waals surface area (Å²) in [7, 11) is 1.91. The first kappa shape index (κ1) is 15.6. The number of aryl methyl sites for hydroxylation is 1. The van der Waals surface area contributed by atoms with Gasteiger partial charge in [-0.1, -0.05) is 0 Å². The van der Waals surface area contributed by atoms with Crippen LogP contribution in [0.15, 0.2) is 36.4 Å². The van der Waals surface area contributed by atoms with Crippen molar-refractivity contribution in [2.45, 2.75) is 0 Å². The molecule has 0 radical (unpaired) electrons. The smallest absolute Gasteiger partial charge is 0.333 e. The maximum absolute atomic E-state index is 11.3. The molecule has 9 nitrogen and oxygen atoms in total. The molecule has 0 spiro atoms. The molecule has 0 saturated carbocycles. The van der Waals surface area contributed by atoms with Crippen LogP contribution >= 0.6 is 0 Å². The Bertz CT molecular complexity index is 902. The van der Waals surface area contributed by atoms with Crippen LogP contribution in [-0.4, -0.2) is 16.6 Å². The summed E-state index contributed by atoms with van der Waals surface area (Å²) < 4.78 is 1.98. The van der Waals surface area contributed by atoms with Crippen molar-refractivity contribution in [2.24, 2.45) is 30.2 Å². The lowest BCUT2D eigenvalue weighted by molar-refractivity contribution is 0.253. The summed E-state index contributed by atoms with van der Waals surface area (Å²) in [6.45, 7) is 0. The number of fused-ring (bicyclic) bond motifs is 3. The Morgan fingerprint density at radius 1 is 0.833 bits per heavy atom. The minimum Gasteiger partial charge on any atom is -0.350 e. The molecule has 0 bridgehead atoms. The first-order valence-corrected chi connectivity index (χ1v) is 7.02. The molecular formula is C15H17N7O2. The molecule has 4 amide bonds. The third-order valence-electron chi connectivity index (χ3n) is 4.00. The molecule has 2 aromatic carbocycles. The van der Waals surface area contributed by atoms with Crippen LogP contribution in [0.4, 0.5) is 21.0 Å². The van der Waals surface area contributed by atoms with Crippen molar-refractivity contribution in [1.29, 1.82) is 0 Å². The number of benzene rings is 2. The zero-order valence-electron chi connectivity index (χ0n) is 12.9. The van der Waals surface area contributed by atoms with Crippen LogP contribution in [0.5, 0.6) is 0 Å². The molecule has 1 aromatic heterocycles. The number of carbonyl (C=O) groups is 2. The van der Waals surface area contributed by atoms with E-state index in [9.17, 15) is 9.59 Å². The van der Waals surface area contributed by atoms with Gasteiger partial charge in [0, 0.05) is 28.9 Å². The van der Waals surface area contributed by atoms with E-state index in [1.807, 2.05) is 23.7 Å². The van der Waals surface area contributed by atoms with Crippen molar-refractivity contribution >= 4 is 45.2 Å². The van der Waals surface area contributed by atoms with Gasteiger partial charge in [0.1, 0.15) is 0 Å². The molecule has 124 valence electrons. The van der Waals surface area contributed by atoms with Crippen LogP contribution < -0.4 is 33.2 Å². The quantitative estimate of drug-likeness (QED) is 0.313. The molecule has 0 fully saturated rings. The van der Waals surface area contributed by atoms with E-state index in [0.717, 1.165) is 31.8 Å². The number of hydrazine groups is 2. The van der Waals surface area contributed by atoms with Crippen LogP contribution in [0.3, 0.4) is 0 Å². The Balaban J connectivity index is 2.27. The highest BCUT2D eigenvalue weighted by Gasteiger charge is 2.15. The molecule has 0 aliphatic carbocycles. The van der Waals surface area contributed by atoms with E-state index in [4.69, 9.17) is 23.2 Å². The fourth-order valence-electron chi connectivity index (χ4n) is 2.75. The standard InChI is InChI=1S/C15H17N7O2/c1-20-12-4-2-8(21(18)14(16)23)6-10(12)11-7-9(3-5-13(11)20)22(19)15(17)24/h2-7H,18-19H2,1H3,(H2,16,23)(H2,17,24). The number of hydrogen-bond acceptors (Lipinski definition) is 4. The number of aromatic nitrogens is 1. The van der Waals surface area contributed by atoms with Crippen molar-refractivity contribution < 1.29 is 9.59 Å². The summed E-state index contributed by atoms with van der Waals surface area (Å²) >= 11 is 0. The Morgan fingerprint density at radius 3 is 1.54 bits per heavy atom. The second-order valence-corrected chi connectivity index (χ2v) is 5.38. The number of rotatable bonds is 2. The number of urea groups is 2. The second-order valence-electron chi connectivity index (χ2n) is 5.38. The fourth-order valence-corrected chi connectivity index (χ4v) is 2.75. The summed E-state index contributed by atoms with van der Waals surface area (Å²) in [5.41, 5.74) is 13.2. The van der Waals surface area contributed by atoms with Crippen molar-refractivity contribution in [3.8, 4) is 0 Å². The highest BCUT2D eigenvalue weighted by molar-refractivity contribution is 6.11. The first-order valence-electron chi connectivity index (χ1n) is 7.02. The average molecular weight is 327 g/mol. The number of nitrogens with two attached hydrogens (primary N) is 4. The van der Waals surface area contributed by atoms with Gasteiger partial charge in [-0.3, -0.25) is 0 Å². The molecule has 24 heavy (non-hydrogen) atoms. The Labute approximate surface area is 136 Å². The Hall–Kier alpha value is -3.30. The molecule has 0 unspecified atom stereocenters. The number of carbonyl (C=O) groups excluding carboxylic acids is 2. The van der Waals surface area contributed by atoms with E-state index in [1.165, 1.54) is 0 Å². The number of anilines is 2. The number of amides is 4. The average Bonchev–Trinajstić information content (AvgIpc) is 2.85. The monoisotopic (exact) mass is 327 g/mol. The van der Waals surface area contributed by atoms with Gasteiger partial charge < -0.3 is 16.0 Å². The van der Waals surface area contributed by atoms with Gasteiger partial charge in [0.2, 0.25) is 0 Å². The zero-order valence-corrected chi connectivity index (χ0v) is 12.9. The molecule has 8 N–H and O–H groups in total. The molecule has 0 saturated heterocycles. The largest absolute Gasteiger partial charge is 0.350 e. The van der Waals surface area contributed by atoms with Crippen LogP contribution in [-0.2, 0) is 7.05 Å². The van der Waals surface area contributed by atoms with Crippen molar-refractivity contribution in [3.05, 3.63) is 36.4 Å². The predicted molar refractivity (Wildman–Crippen MR) is 92.9 cm³/mol. The summed E-state index contributed by atoms with van der Waals surface area (Å²) in [5, 5.41) is 3.39. The van der Waals surface area contributed by atoms with Crippen LogP contribution in [0.2, 0.25) is 0 Å². The number of nitrogens with zero attached hydrogens (tertiary/aromatic N) is 3. The summed E-state index contributed by atoms with van der Waals surface area (Å²) in [4.78, 5) is 22.5. The number of primary amides is 2. The van der Waals surface area contributed by atoms with Gasteiger partial charge in [-0.2, -0.15) is 0 Å². The van der Waals surface area contributed by atoms with Gasteiger partial charge in [-0.05, 0) is 36.4 Å². The third-order valence-corrected chi connectivity index (χ3v) is 4.00. The lowest BCUT2D eigenvalue weighted by atomic mass is 10.1. The van der Waals surface area contributed by atoms with Crippen molar-refractivity contribution in [3.63, 3.8) is 0 Å².